The minimum Gasteiger partial charge on any atom is -0.457 e. The zero-order valence-corrected chi connectivity index (χ0v) is 17.1. The van der Waals surface area contributed by atoms with Crippen molar-refractivity contribution in [3.8, 4) is 23.0 Å². The van der Waals surface area contributed by atoms with Crippen LogP contribution in [0.15, 0.2) is 77.2 Å². The number of fused-ring (bicyclic) bond motifs is 2. The molecular formula is C25H20N2O4. The van der Waals surface area contributed by atoms with Crippen LogP contribution in [0.3, 0.4) is 0 Å². The van der Waals surface area contributed by atoms with E-state index in [-0.39, 0.29) is 5.89 Å². The van der Waals surface area contributed by atoms with E-state index in [9.17, 15) is 4.79 Å². The molecule has 1 atom stereocenters. The highest BCUT2D eigenvalue weighted by Crippen LogP contribution is 2.44. The Morgan fingerprint density at radius 1 is 0.903 bits per heavy atom. The molecule has 1 aliphatic heterocycles. The van der Waals surface area contributed by atoms with Gasteiger partial charge in [-0.1, -0.05) is 54.1 Å². The van der Waals surface area contributed by atoms with E-state index in [0.29, 0.717) is 17.4 Å². The van der Waals surface area contributed by atoms with Crippen LogP contribution >= 0.6 is 0 Å². The van der Waals surface area contributed by atoms with Crippen molar-refractivity contribution in [3.63, 3.8) is 0 Å². The monoisotopic (exact) mass is 412 g/mol. The standard InChI is InChI=1S/C25H20N2O4/c1-15-11-13-17(14-12-15)24-27-26-23(31-24)16(2)29-25(28)22-18-7-3-5-9-20(18)30-21-10-6-4-8-19(21)22/h3-14,16,22H,1-2H3/t16-/m0/s1. The molecule has 0 saturated heterocycles. The van der Waals surface area contributed by atoms with Gasteiger partial charge in [0.05, 0.1) is 0 Å². The average molecular weight is 412 g/mol. The van der Waals surface area contributed by atoms with Crippen LogP contribution < -0.4 is 4.74 Å². The van der Waals surface area contributed by atoms with Crippen LogP contribution in [0.2, 0.25) is 0 Å². The first kappa shape index (κ1) is 19.1. The van der Waals surface area contributed by atoms with Gasteiger partial charge in [0.1, 0.15) is 17.4 Å². The Hall–Kier alpha value is -3.93. The summed E-state index contributed by atoms with van der Waals surface area (Å²) in [6.07, 6.45) is -0.693. The fourth-order valence-corrected chi connectivity index (χ4v) is 3.67. The normalized spacial score (nSPS) is 13.6. The maximum absolute atomic E-state index is 13.3. The smallest absolute Gasteiger partial charge is 0.318 e. The number of hydrogen-bond donors (Lipinski definition) is 0. The number of carbonyl (C=O) groups excluding carboxylic acids is 1. The zero-order valence-electron chi connectivity index (χ0n) is 17.1. The van der Waals surface area contributed by atoms with Crippen molar-refractivity contribution in [1.82, 2.24) is 10.2 Å². The van der Waals surface area contributed by atoms with Crippen molar-refractivity contribution in [2.45, 2.75) is 25.9 Å². The van der Waals surface area contributed by atoms with E-state index in [1.807, 2.05) is 79.7 Å². The maximum Gasteiger partial charge on any atom is 0.318 e. The highest BCUT2D eigenvalue weighted by atomic mass is 16.6. The van der Waals surface area contributed by atoms with Crippen molar-refractivity contribution in [2.75, 3.05) is 0 Å². The molecule has 4 aromatic rings. The maximum atomic E-state index is 13.3. The van der Waals surface area contributed by atoms with Gasteiger partial charge in [-0.15, -0.1) is 10.2 Å². The van der Waals surface area contributed by atoms with Gasteiger partial charge in [-0.05, 0) is 38.1 Å². The van der Waals surface area contributed by atoms with Crippen molar-refractivity contribution >= 4 is 5.97 Å². The Morgan fingerprint density at radius 3 is 2.16 bits per heavy atom. The quantitative estimate of drug-likeness (QED) is 0.407. The van der Waals surface area contributed by atoms with Gasteiger partial charge < -0.3 is 13.9 Å². The van der Waals surface area contributed by atoms with E-state index in [2.05, 4.69) is 10.2 Å². The van der Waals surface area contributed by atoms with Crippen LogP contribution in [0.4, 0.5) is 0 Å². The van der Waals surface area contributed by atoms with Crippen molar-refractivity contribution in [1.29, 1.82) is 0 Å². The number of hydrogen-bond acceptors (Lipinski definition) is 6. The molecule has 1 aliphatic rings. The van der Waals surface area contributed by atoms with E-state index in [1.165, 1.54) is 0 Å². The number of aromatic nitrogens is 2. The molecule has 0 radical (unpaired) electrons. The summed E-state index contributed by atoms with van der Waals surface area (Å²) in [5.74, 6) is 0.941. The average Bonchev–Trinajstić information content (AvgIpc) is 3.28. The second-order valence-corrected chi connectivity index (χ2v) is 7.50. The number of ether oxygens (including phenoxy) is 2. The number of nitrogens with zero attached hydrogens (tertiary/aromatic N) is 2. The minimum atomic E-state index is -0.693. The molecule has 0 bridgehead atoms. The molecule has 0 saturated carbocycles. The number of esters is 1. The Morgan fingerprint density at radius 2 is 1.52 bits per heavy atom. The lowest BCUT2D eigenvalue weighted by molar-refractivity contribution is -0.150. The summed E-state index contributed by atoms with van der Waals surface area (Å²) in [5.41, 5.74) is 3.49. The van der Waals surface area contributed by atoms with Gasteiger partial charge in [0.25, 0.3) is 5.89 Å². The lowest BCUT2D eigenvalue weighted by atomic mass is 9.88. The van der Waals surface area contributed by atoms with Crippen LogP contribution in [0.1, 0.15) is 41.5 Å². The van der Waals surface area contributed by atoms with Gasteiger partial charge in [0.15, 0.2) is 6.10 Å². The third-order valence-corrected chi connectivity index (χ3v) is 5.30. The van der Waals surface area contributed by atoms with Gasteiger partial charge in [0.2, 0.25) is 5.89 Å². The number of aryl methyl sites for hydroxylation is 1. The molecule has 2 heterocycles. The van der Waals surface area contributed by atoms with Gasteiger partial charge >= 0.3 is 5.97 Å². The fourth-order valence-electron chi connectivity index (χ4n) is 3.67. The largest absolute Gasteiger partial charge is 0.457 e. The van der Waals surface area contributed by atoms with E-state index < -0.39 is 18.0 Å². The SMILES string of the molecule is Cc1ccc(-c2nnc([C@H](C)OC(=O)C3c4ccccc4Oc4ccccc43)o2)cc1. The van der Waals surface area contributed by atoms with Crippen LogP contribution in [0, 0.1) is 6.92 Å². The van der Waals surface area contributed by atoms with E-state index in [4.69, 9.17) is 13.9 Å². The first-order valence-corrected chi connectivity index (χ1v) is 10.1. The van der Waals surface area contributed by atoms with E-state index in [1.54, 1.807) is 6.92 Å². The van der Waals surface area contributed by atoms with Gasteiger partial charge in [-0.3, -0.25) is 4.79 Å². The number of para-hydroxylation sites is 2. The van der Waals surface area contributed by atoms with Crippen molar-refractivity contribution < 1.29 is 18.7 Å². The summed E-state index contributed by atoms with van der Waals surface area (Å²) in [4.78, 5) is 13.3. The minimum absolute atomic E-state index is 0.248. The molecule has 0 spiro atoms. The number of rotatable bonds is 4. The molecule has 5 rings (SSSR count). The summed E-state index contributed by atoms with van der Waals surface area (Å²) < 4.78 is 17.5. The zero-order chi connectivity index (χ0) is 21.4. The summed E-state index contributed by atoms with van der Waals surface area (Å²) >= 11 is 0. The molecule has 0 unspecified atom stereocenters. The molecule has 0 fully saturated rings. The predicted octanol–water partition coefficient (Wildman–Crippen LogP) is 5.59. The third kappa shape index (κ3) is 3.57. The molecule has 6 heteroatoms. The first-order valence-electron chi connectivity index (χ1n) is 10.1. The van der Waals surface area contributed by atoms with Crippen LogP contribution in [-0.2, 0) is 9.53 Å². The van der Waals surface area contributed by atoms with Crippen molar-refractivity contribution in [2.24, 2.45) is 0 Å². The van der Waals surface area contributed by atoms with Crippen LogP contribution in [0.25, 0.3) is 11.5 Å². The van der Waals surface area contributed by atoms with Crippen LogP contribution in [-0.4, -0.2) is 16.2 Å². The Bertz CT molecular complexity index is 1200. The molecule has 0 aliphatic carbocycles. The third-order valence-electron chi connectivity index (χ3n) is 5.30. The second kappa shape index (κ2) is 7.72. The highest BCUT2D eigenvalue weighted by Gasteiger charge is 2.35. The first-order chi connectivity index (χ1) is 15.1. The summed E-state index contributed by atoms with van der Waals surface area (Å²) in [6.45, 7) is 3.73. The molecule has 6 nitrogen and oxygen atoms in total. The van der Waals surface area contributed by atoms with E-state index >= 15 is 0 Å². The molecule has 0 amide bonds. The predicted molar refractivity (Wildman–Crippen MR) is 114 cm³/mol. The molecular weight excluding hydrogens is 392 g/mol. The number of carbonyl (C=O) groups is 1. The molecule has 154 valence electrons. The lowest BCUT2D eigenvalue weighted by Crippen LogP contribution is -2.22. The topological polar surface area (TPSA) is 74.5 Å². The molecule has 1 aromatic heterocycles. The Balaban J connectivity index is 1.40. The second-order valence-electron chi connectivity index (χ2n) is 7.50. The van der Waals surface area contributed by atoms with Gasteiger partial charge in [-0.2, -0.15) is 0 Å². The van der Waals surface area contributed by atoms with Crippen LogP contribution in [0.5, 0.6) is 11.5 Å². The van der Waals surface area contributed by atoms with Crippen molar-refractivity contribution in [3.05, 3.63) is 95.4 Å². The van der Waals surface area contributed by atoms with Gasteiger partial charge in [-0.25, -0.2) is 0 Å². The Kier molecular flexibility index (Phi) is 4.75. The number of benzene rings is 3. The summed E-state index contributed by atoms with van der Waals surface area (Å²) in [6, 6.07) is 22.8. The molecule has 0 N–H and O–H groups in total. The summed E-state index contributed by atoms with van der Waals surface area (Å²) in [7, 11) is 0. The Labute approximate surface area is 179 Å². The molecule has 31 heavy (non-hydrogen) atoms. The highest BCUT2D eigenvalue weighted by molar-refractivity contribution is 5.85. The summed E-state index contributed by atoms with van der Waals surface area (Å²) in [5, 5.41) is 8.18. The lowest BCUT2D eigenvalue weighted by Gasteiger charge is -2.27. The fraction of sp³-hybridized carbons (Fsp3) is 0.160. The van der Waals surface area contributed by atoms with Gasteiger partial charge in [0, 0.05) is 16.7 Å². The van der Waals surface area contributed by atoms with E-state index in [0.717, 1.165) is 22.3 Å². The molecule has 3 aromatic carbocycles.